The number of carbonyl (C=O) groups excluding carboxylic acids is 1. The second-order valence-electron chi connectivity index (χ2n) is 4.10. The monoisotopic (exact) mass is 308 g/mol. The van der Waals surface area contributed by atoms with Gasteiger partial charge in [0.15, 0.2) is 0 Å². The lowest BCUT2D eigenvalue weighted by atomic mass is 10.1. The quantitative estimate of drug-likeness (QED) is 0.622. The minimum absolute atomic E-state index is 0.341. The lowest BCUT2D eigenvalue weighted by molar-refractivity contribution is 0.0526. The van der Waals surface area contributed by atoms with Crippen molar-refractivity contribution < 1.29 is 9.53 Å². The molecule has 1 aromatic carbocycles. The predicted octanol–water partition coefficient (Wildman–Crippen LogP) is 3.87. The minimum atomic E-state index is -0.341. The highest BCUT2D eigenvalue weighted by Gasteiger charge is 2.09. The zero-order chi connectivity index (χ0) is 15.7. The number of esters is 1. The van der Waals surface area contributed by atoms with Crippen LogP contribution in [0.15, 0.2) is 36.7 Å². The van der Waals surface area contributed by atoms with Crippen molar-refractivity contribution >= 4 is 17.6 Å². The van der Waals surface area contributed by atoms with Crippen molar-refractivity contribution in [1.29, 1.82) is 0 Å². The second-order valence-corrected chi connectivity index (χ2v) is 4.36. The lowest BCUT2D eigenvalue weighted by Crippen LogP contribution is -2.04. The van der Waals surface area contributed by atoms with Gasteiger partial charge in [0.05, 0.1) is 24.9 Å². The van der Waals surface area contributed by atoms with Crippen LogP contribution in [-0.4, -0.2) is 22.4 Å². The van der Waals surface area contributed by atoms with Crippen molar-refractivity contribution in [3.8, 4) is 0 Å². The van der Waals surface area contributed by atoms with E-state index in [9.17, 15) is 4.79 Å². The molecule has 0 amide bonds. The van der Waals surface area contributed by atoms with Crippen LogP contribution in [-0.2, 0) is 17.2 Å². The number of hydrogen-bond acceptors (Lipinski definition) is 3. The van der Waals surface area contributed by atoms with Crippen molar-refractivity contribution in [2.24, 2.45) is 0 Å². The largest absolute Gasteiger partial charge is 0.462 e. The first-order valence-corrected chi connectivity index (χ1v) is 7.59. The van der Waals surface area contributed by atoms with Gasteiger partial charge in [0.25, 0.3) is 0 Å². The van der Waals surface area contributed by atoms with Gasteiger partial charge in [0, 0.05) is 12.1 Å². The van der Waals surface area contributed by atoms with Gasteiger partial charge in [-0.1, -0.05) is 38.1 Å². The van der Waals surface area contributed by atoms with E-state index in [1.54, 1.807) is 17.8 Å². The fraction of sp³-hybridized carbons (Fsp3) is 0.375. The van der Waals surface area contributed by atoms with Gasteiger partial charge >= 0.3 is 5.97 Å². The Bertz CT molecular complexity index is 550. The molecule has 4 nitrogen and oxygen atoms in total. The summed E-state index contributed by atoms with van der Waals surface area (Å²) in [6, 6.07) is 7.98. The molecule has 114 valence electrons. The summed E-state index contributed by atoms with van der Waals surface area (Å²) < 4.78 is 6.63. The first kappa shape index (κ1) is 17.2. The first-order valence-electron chi connectivity index (χ1n) is 7.06. The zero-order valence-corrected chi connectivity index (χ0v) is 13.4. The number of nitrogens with zero attached hydrogens (tertiary/aromatic N) is 2. The molecule has 0 spiro atoms. The van der Waals surface area contributed by atoms with E-state index in [4.69, 9.17) is 16.3 Å². The summed E-state index contributed by atoms with van der Waals surface area (Å²) in [4.78, 5) is 11.5. The molecular weight excluding hydrogens is 288 g/mol. The molecule has 1 heterocycles. The Hall–Kier alpha value is -1.81. The topological polar surface area (TPSA) is 44.1 Å². The van der Waals surface area contributed by atoms with Crippen molar-refractivity contribution in [3.63, 3.8) is 0 Å². The molecule has 0 saturated carbocycles. The van der Waals surface area contributed by atoms with Gasteiger partial charge in [-0.3, -0.25) is 4.68 Å². The molecule has 0 aliphatic rings. The zero-order valence-electron chi connectivity index (χ0n) is 12.7. The molecule has 0 saturated heterocycles. The standard InChI is InChI=1S/C14H15ClN2O2.C2H6/c1-2-19-14(18)13-8-16-17(10-13)9-12-5-3-11(7-15)4-6-12;1-2/h3-6,8,10H,2,7,9H2,1H3;1-2H3. The van der Waals surface area contributed by atoms with E-state index in [0.717, 1.165) is 11.1 Å². The van der Waals surface area contributed by atoms with Crippen LogP contribution in [0.3, 0.4) is 0 Å². The van der Waals surface area contributed by atoms with Gasteiger partial charge < -0.3 is 4.74 Å². The molecular formula is C16H21ClN2O2. The molecule has 0 aliphatic carbocycles. The van der Waals surface area contributed by atoms with E-state index in [-0.39, 0.29) is 5.97 Å². The Balaban J connectivity index is 0.00000106. The highest BCUT2D eigenvalue weighted by molar-refractivity contribution is 6.17. The van der Waals surface area contributed by atoms with Crippen LogP contribution >= 0.6 is 11.6 Å². The minimum Gasteiger partial charge on any atom is -0.462 e. The lowest BCUT2D eigenvalue weighted by Gasteiger charge is -2.03. The van der Waals surface area contributed by atoms with E-state index < -0.39 is 0 Å². The fourth-order valence-corrected chi connectivity index (χ4v) is 1.87. The first-order chi connectivity index (χ1) is 10.2. The maximum Gasteiger partial charge on any atom is 0.341 e. The predicted molar refractivity (Wildman–Crippen MR) is 84.6 cm³/mol. The third-order valence-electron chi connectivity index (χ3n) is 2.67. The van der Waals surface area contributed by atoms with Gasteiger partial charge in [-0.15, -0.1) is 11.6 Å². The second kappa shape index (κ2) is 9.19. The van der Waals surface area contributed by atoms with Crippen LogP contribution in [0.4, 0.5) is 0 Å². The number of halogens is 1. The smallest absolute Gasteiger partial charge is 0.341 e. The molecule has 0 fully saturated rings. The van der Waals surface area contributed by atoms with Crippen molar-refractivity contribution in [3.05, 3.63) is 53.3 Å². The molecule has 2 rings (SSSR count). The summed E-state index contributed by atoms with van der Waals surface area (Å²) >= 11 is 5.74. The molecule has 0 aliphatic heterocycles. The molecule has 0 radical (unpaired) electrons. The number of carbonyl (C=O) groups is 1. The highest BCUT2D eigenvalue weighted by atomic mass is 35.5. The molecule has 0 N–H and O–H groups in total. The summed E-state index contributed by atoms with van der Waals surface area (Å²) in [6.45, 7) is 6.76. The Labute approximate surface area is 130 Å². The Kier molecular flexibility index (Phi) is 7.54. The van der Waals surface area contributed by atoms with E-state index >= 15 is 0 Å². The molecule has 5 heteroatoms. The van der Waals surface area contributed by atoms with Crippen LogP contribution in [0, 0.1) is 0 Å². The normalized spacial score (nSPS) is 9.71. The third kappa shape index (κ3) is 5.23. The summed E-state index contributed by atoms with van der Waals surface area (Å²) in [5, 5.41) is 4.15. The number of benzene rings is 1. The van der Waals surface area contributed by atoms with Crippen molar-refractivity contribution in [2.75, 3.05) is 6.61 Å². The van der Waals surface area contributed by atoms with Crippen LogP contribution < -0.4 is 0 Å². The molecule has 1 aromatic heterocycles. The fourth-order valence-electron chi connectivity index (χ4n) is 1.69. The molecule has 0 atom stereocenters. The van der Waals surface area contributed by atoms with Crippen LogP contribution in [0.25, 0.3) is 0 Å². The average Bonchev–Trinajstić information content (AvgIpc) is 2.99. The molecule has 0 bridgehead atoms. The highest BCUT2D eigenvalue weighted by Crippen LogP contribution is 2.09. The maximum atomic E-state index is 11.5. The van der Waals surface area contributed by atoms with Gasteiger partial charge in [-0.05, 0) is 18.1 Å². The number of alkyl halides is 1. The number of ether oxygens (including phenoxy) is 1. The number of hydrogen-bond donors (Lipinski definition) is 0. The van der Waals surface area contributed by atoms with Gasteiger partial charge in [-0.2, -0.15) is 5.10 Å². The van der Waals surface area contributed by atoms with E-state index in [2.05, 4.69) is 5.10 Å². The van der Waals surface area contributed by atoms with Crippen molar-refractivity contribution in [2.45, 2.75) is 33.2 Å². The maximum absolute atomic E-state index is 11.5. The van der Waals surface area contributed by atoms with E-state index in [1.807, 2.05) is 38.1 Å². The van der Waals surface area contributed by atoms with Gasteiger partial charge in [0.2, 0.25) is 0 Å². The van der Waals surface area contributed by atoms with E-state index in [1.165, 1.54) is 6.20 Å². The van der Waals surface area contributed by atoms with Crippen LogP contribution in [0.2, 0.25) is 0 Å². The Morgan fingerprint density at radius 1 is 1.24 bits per heavy atom. The molecule has 2 aromatic rings. The summed E-state index contributed by atoms with van der Waals surface area (Å²) in [5.41, 5.74) is 2.66. The third-order valence-corrected chi connectivity index (χ3v) is 2.97. The van der Waals surface area contributed by atoms with Gasteiger partial charge in [0.1, 0.15) is 0 Å². The molecule has 0 unspecified atom stereocenters. The molecule has 21 heavy (non-hydrogen) atoms. The summed E-state index contributed by atoms with van der Waals surface area (Å²) in [7, 11) is 0. The van der Waals surface area contributed by atoms with Crippen LogP contribution in [0.5, 0.6) is 0 Å². The number of aromatic nitrogens is 2. The number of rotatable bonds is 5. The van der Waals surface area contributed by atoms with Gasteiger partial charge in [-0.25, -0.2) is 4.79 Å². The van der Waals surface area contributed by atoms with E-state index in [0.29, 0.717) is 24.6 Å². The summed E-state index contributed by atoms with van der Waals surface area (Å²) in [6.07, 6.45) is 3.21. The summed E-state index contributed by atoms with van der Waals surface area (Å²) in [5.74, 6) is 0.168. The Morgan fingerprint density at radius 2 is 1.86 bits per heavy atom. The Morgan fingerprint density at radius 3 is 2.43 bits per heavy atom. The SMILES string of the molecule is CC.CCOC(=O)c1cnn(Cc2ccc(CCl)cc2)c1. The average molecular weight is 309 g/mol. The van der Waals surface area contributed by atoms with Crippen LogP contribution in [0.1, 0.15) is 42.3 Å². The van der Waals surface area contributed by atoms with Crippen molar-refractivity contribution in [1.82, 2.24) is 9.78 Å².